The molecule has 4 rings (SSSR count). The molecule has 0 amide bonds. The van der Waals surface area contributed by atoms with E-state index >= 15 is 0 Å². The van der Waals surface area contributed by atoms with Crippen molar-refractivity contribution >= 4 is 39.7 Å². The lowest BCUT2D eigenvalue weighted by molar-refractivity contribution is 0.370. The predicted octanol–water partition coefficient (Wildman–Crippen LogP) is 4.38. The number of halogens is 2. The molecule has 7 heteroatoms. The van der Waals surface area contributed by atoms with Crippen molar-refractivity contribution in [3.05, 3.63) is 69.8 Å². The Morgan fingerprint density at radius 1 is 1.19 bits per heavy atom. The summed E-state index contributed by atoms with van der Waals surface area (Å²) >= 11 is 3.49. The zero-order valence-corrected chi connectivity index (χ0v) is 16.6. The molecule has 5 nitrogen and oxygen atoms in total. The molecule has 2 N–H and O–H groups in total. The van der Waals surface area contributed by atoms with E-state index in [2.05, 4.69) is 49.2 Å². The Hall–Kier alpha value is -2.05. The van der Waals surface area contributed by atoms with Crippen LogP contribution >= 0.6 is 28.3 Å². The van der Waals surface area contributed by atoms with Crippen LogP contribution in [0.4, 0.5) is 11.4 Å². The number of nitrogen functional groups attached to an aromatic ring is 1. The predicted molar refractivity (Wildman–Crippen MR) is 109 cm³/mol. The number of fused-ring (bicyclic) bond motifs is 1. The SMILES string of the molecule is Cl.Nc1cccc2c1CCCN2Cc1nc(Cc2cccc(Br)c2)no1. The van der Waals surface area contributed by atoms with Gasteiger partial charge in [0.25, 0.3) is 0 Å². The second-order valence-corrected chi connectivity index (χ2v) is 7.20. The van der Waals surface area contributed by atoms with Crippen LogP contribution in [-0.4, -0.2) is 16.7 Å². The molecule has 0 saturated heterocycles. The second-order valence-electron chi connectivity index (χ2n) is 6.28. The van der Waals surface area contributed by atoms with Gasteiger partial charge in [0.1, 0.15) is 0 Å². The highest BCUT2D eigenvalue weighted by atomic mass is 79.9. The van der Waals surface area contributed by atoms with Gasteiger partial charge in [0.15, 0.2) is 5.82 Å². The lowest BCUT2D eigenvalue weighted by Crippen LogP contribution is -2.29. The van der Waals surface area contributed by atoms with Gasteiger partial charge in [-0.05, 0) is 48.2 Å². The third-order valence-electron chi connectivity index (χ3n) is 4.47. The van der Waals surface area contributed by atoms with Crippen molar-refractivity contribution in [1.29, 1.82) is 0 Å². The van der Waals surface area contributed by atoms with Crippen molar-refractivity contribution in [2.75, 3.05) is 17.2 Å². The van der Waals surface area contributed by atoms with E-state index in [1.807, 2.05) is 24.3 Å². The van der Waals surface area contributed by atoms with Gasteiger partial charge in [-0.1, -0.05) is 39.3 Å². The summed E-state index contributed by atoms with van der Waals surface area (Å²) < 4.78 is 6.52. The van der Waals surface area contributed by atoms with Crippen molar-refractivity contribution < 1.29 is 4.52 Å². The molecule has 136 valence electrons. The van der Waals surface area contributed by atoms with Crippen molar-refractivity contribution in [2.45, 2.75) is 25.8 Å². The minimum atomic E-state index is 0. The Kier molecular flexibility index (Phi) is 5.84. The van der Waals surface area contributed by atoms with Gasteiger partial charge in [0, 0.05) is 28.8 Å². The molecule has 26 heavy (non-hydrogen) atoms. The molecule has 0 spiro atoms. The van der Waals surface area contributed by atoms with E-state index in [-0.39, 0.29) is 12.4 Å². The van der Waals surface area contributed by atoms with E-state index < -0.39 is 0 Å². The maximum Gasteiger partial charge on any atom is 0.246 e. The summed E-state index contributed by atoms with van der Waals surface area (Å²) in [5.74, 6) is 1.35. The van der Waals surface area contributed by atoms with Crippen molar-refractivity contribution in [3.8, 4) is 0 Å². The molecule has 0 fully saturated rings. The summed E-state index contributed by atoms with van der Waals surface area (Å²) in [7, 11) is 0. The van der Waals surface area contributed by atoms with Crippen LogP contribution < -0.4 is 10.6 Å². The number of rotatable bonds is 4. The van der Waals surface area contributed by atoms with Gasteiger partial charge in [-0.15, -0.1) is 12.4 Å². The monoisotopic (exact) mass is 434 g/mol. The number of nitrogens with two attached hydrogens (primary N) is 1. The van der Waals surface area contributed by atoms with Gasteiger partial charge in [0.2, 0.25) is 5.89 Å². The molecule has 0 unspecified atom stereocenters. The fourth-order valence-corrected chi connectivity index (χ4v) is 3.76. The standard InChI is InChI=1S/C19H19BrN4O.ClH/c20-14-5-1-4-13(10-14)11-18-22-19(25-23-18)12-24-9-3-6-15-16(21)7-2-8-17(15)24;/h1-2,4-5,7-8,10H,3,6,9,11-12,21H2;1H. The van der Waals surface area contributed by atoms with Crippen molar-refractivity contribution in [2.24, 2.45) is 0 Å². The average molecular weight is 436 g/mol. The first kappa shape index (κ1) is 18.7. The van der Waals surface area contributed by atoms with Crippen molar-refractivity contribution in [1.82, 2.24) is 10.1 Å². The lowest BCUT2D eigenvalue weighted by Gasteiger charge is -2.30. The van der Waals surface area contributed by atoms with Gasteiger partial charge < -0.3 is 15.2 Å². The first-order chi connectivity index (χ1) is 12.2. The highest BCUT2D eigenvalue weighted by Gasteiger charge is 2.20. The molecule has 2 aromatic carbocycles. The first-order valence-corrected chi connectivity index (χ1v) is 9.16. The number of benzene rings is 2. The molecule has 1 aromatic heterocycles. The third kappa shape index (κ3) is 4.02. The zero-order valence-electron chi connectivity index (χ0n) is 14.2. The number of nitrogens with zero attached hydrogens (tertiary/aromatic N) is 3. The Balaban J connectivity index is 0.00000196. The summed E-state index contributed by atoms with van der Waals surface area (Å²) in [6.07, 6.45) is 2.77. The Bertz CT molecular complexity index is 899. The van der Waals surface area contributed by atoms with E-state index in [1.165, 1.54) is 11.3 Å². The molecular weight excluding hydrogens is 416 g/mol. The van der Waals surface area contributed by atoms with Gasteiger partial charge in [-0.2, -0.15) is 4.98 Å². The summed E-state index contributed by atoms with van der Waals surface area (Å²) in [5.41, 5.74) is 10.5. The summed E-state index contributed by atoms with van der Waals surface area (Å²) in [4.78, 5) is 6.83. The minimum Gasteiger partial charge on any atom is -0.398 e. The Morgan fingerprint density at radius 3 is 2.88 bits per heavy atom. The molecule has 0 atom stereocenters. The van der Waals surface area contributed by atoms with Crippen molar-refractivity contribution in [3.63, 3.8) is 0 Å². The van der Waals surface area contributed by atoms with Gasteiger partial charge in [-0.25, -0.2) is 0 Å². The number of aromatic nitrogens is 2. The van der Waals surface area contributed by atoms with E-state index in [0.29, 0.717) is 24.7 Å². The molecule has 2 heterocycles. The quantitative estimate of drug-likeness (QED) is 0.616. The smallest absolute Gasteiger partial charge is 0.246 e. The fraction of sp³-hybridized carbons (Fsp3) is 0.263. The molecule has 3 aromatic rings. The topological polar surface area (TPSA) is 68.2 Å². The number of anilines is 2. The maximum absolute atomic E-state index is 6.12. The fourth-order valence-electron chi connectivity index (χ4n) is 3.31. The molecule has 0 radical (unpaired) electrons. The van der Waals surface area contributed by atoms with Crippen LogP contribution in [0.1, 0.15) is 29.3 Å². The summed E-state index contributed by atoms with van der Waals surface area (Å²) in [6, 6.07) is 14.2. The number of hydrogen-bond acceptors (Lipinski definition) is 5. The lowest BCUT2D eigenvalue weighted by atomic mass is 10.00. The molecule has 0 bridgehead atoms. The molecule has 0 saturated carbocycles. The highest BCUT2D eigenvalue weighted by Crippen LogP contribution is 2.32. The van der Waals surface area contributed by atoms with E-state index in [0.717, 1.165) is 35.1 Å². The Labute approximate surface area is 167 Å². The van der Waals surface area contributed by atoms with Crippen LogP contribution in [0.25, 0.3) is 0 Å². The van der Waals surface area contributed by atoms with Crippen LogP contribution in [0.2, 0.25) is 0 Å². The summed E-state index contributed by atoms with van der Waals surface area (Å²) in [5, 5.41) is 4.13. The summed E-state index contributed by atoms with van der Waals surface area (Å²) in [6.45, 7) is 1.59. The van der Waals surface area contributed by atoms with E-state index in [4.69, 9.17) is 10.3 Å². The minimum absolute atomic E-state index is 0. The second kappa shape index (κ2) is 8.10. The van der Waals surface area contributed by atoms with Crippen LogP contribution in [0.3, 0.4) is 0 Å². The van der Waals surface area contributed by atoms with Gasteiger partial charge >= 0.3 is 0 Å². The normalized spacial score (nSPS) is 13.2. The number of hydrogen-bond donors (Lipinski definition) is 1. The maximum atomic E-state index is 6.12. The molecule has 1 aliphatic heterocycles. The van der Waals surface area contributed by atoms with E-state index in [9.17, 15) is 0 Å². The zero-order chi connectivity index (χ0) is 17.2. The van der Waals surface area contributed by atoms with Crippen LogP contribution in [-0.2, 0) is 19.4 Å². The van der Waals surface area contributed by atoms with Crippen LogP contribution in [0.5, 0.6) is 0 Å². The van der Waals surface area contributed by atoms with Crippen LogP contribution in [0, 0.1) is 0 Å². The molecule has 0 aliphatic carbocycles. The van der Waals surface area contributed by atoms with Gasteiger partial charge in [-0.3, -0.25) is 0 Å². The Morgan fingerprint density at radius 2 is 2.04 bits per heavy atom. The molecule has 1 aliphatic rings. The molecular formula is C19H20BrClN4O. The average Bonchev–Trinajstić information content (AvgIpc) is 3.03. The van der Waals surface area contributed by atoms with E-state index in [1.54, 1.807) is 0 Å². The van der Waals surface area contributed by atoms with Crippen LogP contribution in [0.15, 0.2) is 51.5 Å². The van der Waals surface area contributed by atoms with Gasteiger partial charge in [0.05, 0.1) is 6.54 Å². The third-order valence-corrected chi connectivity index (χ3v) is 4.96. The first-order valence-electron chi connectivity index (χ1n) is 8.37. The highest BCUT2D eigenvalue weighted by molar-refractivity contribution is 9.10. The largest absolute Gasteiger partial charge is 0.398 e.